The fraction of sp³-hybridized carbons (Fsp3) is 0.0833. The second-order valence-corrected chi connectivity index (χ2v) is 6.10. The highest BCUT2D eigenvalue weighted by atomic mass is 32.2. The molecule has 2 N–H and O–H groups in total. The minimum atomic E-state index is -2.89. The fourth-order valence-electron chi connectivity index (χ4n) is 1.67. The lowest BCUT2D eigenvalue weighted by molar-refractivity contribution is -0.0497. The molecule has 0 unspecified atom stereocenters. The van der Waals surface area contributed by atoms with E-state index in [2.05, 4.69) is 19.7 Å². The number of hydrogen-bond acceptors (Lipinski definition) is 6. The van der Waals surface area contributed by atoms with E-state index < -0.39 is 12.6 Å². The molecule has 114 valence electrons. The van der Waals surface area contributed by atoms with Crippen LogP contribution in [0.15, 0.2) is 33.1 Å². The third kappa shape index (κ3) is 3.17. The molecule has 0 spiro atoms. The molecular formula is C12H7F2N3O3S2. The number of imidazole rings is 1. The molecule has 2 heterocycles. The Bertz CT molecular complexity index is 834. The maximum absolute atomic E-state index is 12.2. The second-order valence-electron chi connectivity index (χ2n) is 4.01. The van der Waals surface area contributed by atoms with Crippen LogP contribution in [0.3, 0.4) is 0 Å². The monoisotopic (exact) mass is 343 g/mol. The van der Waals surface area contributed by atoms with Gasteiger partial charge in [-0.05, 0) is 23.9 Å². The van der Waals surface area contributed by atoms with Crippen LogP contribution >= 0.6 is 23.1 Å². The molecule has 0 saturated heterocycles. The molecule has 22 heavy (non-hydrogen) atoms. The van der Waals surface area contributed by atoms with Crippen LogP contribution in [0, 0.1) is 0 Å². The Kier molecular flexibility index (Phi) is 3.94. The third-order valence-corrected chi connectivity index (χ3v) is 4.37. The number of rotatable bonds is 5. The number of thiazole rings is 1. The topological polar surface area (TPSA) is 88.1 Å². The maximum atomic E-state index is 12.2. The minimum Gasteiger partial charge on any atom is -0.476 e. The molecule has 0 aliphatic heterocycles. The molecule has 0 aliphatic rings. The molecule has 0 saturated carbocycles. The van der Waals surface area contributed by atoms with Gasteiger partial charge in [0, 0.05) is 11.4 Å². The Morgan fingerprint density at radius 2 is 2.23 bits per heavy atom. The summed E-state index contributed by atoms with van der Waals surface area (Å²) in [4.78, 5) is 21.9. The summed E-state index contributed by atoms with van der Waals surface area (Å²) >= 11 is 2.34. The number of nitrogens with zero attached hydrogens (tertiary/aromatic N) is 2. The van der Waals surface area contributed by atoms with E-state index in [9.17, 15) is 13.6 Å². The number of aromatic carboxylic acids is 1. The van der Waals surface area contributed by atoms with Gasteiger partial charge in [0.15, 0.2) is 15.2 Å². The van der Waals surface area contributed by atoms with Crippen molar-refractivity contribution in [2.75, 3.05) is 0 Å². The molecule has 3 rings (SSSR count). The Morgan fingerprint density at radius 3 is 2.91 bits per heavy atom. The predicted octanol–water partition coefficient (Wildman–Crippen LogP) is 3.47. The Hall–Kier alpha value is -2.20. The van der Waals surface area contributed by atoms with Crippen molar-refractivity contribution in [1.29, 1.82) is 0 Å². The molecule has 3 aromatic rings. The Balaban J connectivity index is 1.83. The van der Waals surface area contributed by atoms with Crippen LogP contribution in [0.2, 0.25) is 0 Å². The van der Waals surface area contributed by atoms with Gasteiger partial charge in [0.2, 0.25) is 0 Å². The molecule has 6 nitrogen and oxygen atoms in total. The number of halogens is 2. The van der Waals surface area contributed by atoms with Crippen molar-refractivity contribution < 1.29 is 23.4 Å². The summed E-state index contributed by atoms with van der Waals surface area (Å²) in [6.07, 6.45) is 0. The zero-order chi connectivity index (χ0) is 15.7. The molecule has 0 radical (unpaired) electrons. The highest BCUT2D eigenvalue weighted by Crippen LogP contribution is 2.30. The molecule has 2 aromatic heterocycles. The molecule has 0 fully saturated rings. The first kappa shape index (κ1) is 14.7. The number of aromatic nitrogens is 3. The number of aromatic amines is 1. The lowest BCUT2D eigenvalue weighted by Gasteiger charge is -2.02. The molecule has 0 atom stereocenters. The molecule has 0 aliphatic carbocycles. The lowest BCUT2D eigenvalue weighted by Crippen LogP contribution is -2.01. The Morgan fingerprint density at radius 1 is 1.41 bits per heavy atom. The number of carbonyl (C=O) groups is 1. The van der Waals surface area contributed by atoms with Gasteiger partial charge in [-0.3, -0.25) is 0 Å². The summed E-state index contributed by atoms with van der Waals surface area (Å²) in [6, 6.07) is 4.37. The zero-order valence-corrected chi connectivity index (χ0v) is 12.3. The number of fused-ring (bicyclic) bond motifs is 1. The quantitative estimate of drug-likeness (QED) is 0.737. The number of ether oxygens (including phenoxy) is 1. The van der Waals surface area contributed by atoms with Gasteiger partial charge >= 0.3 is 12.6 Å². The summed E-state index contributed by atoms with van der Waals surface area (Å²) in [5, 5.41) is 10.7. The van der Waals surface area contributed by atoms with Gasteiger partial charge in [0.1, 0.15) is 5.75 Å². The van der Waals surface area contributed by atoms with Gasteiger partial charge in [-0.25, -0.2) is 14.8 Å². The number of alkyl halides is 2. The number of hydrogen-bond donors (Lipinski definition) is 2. The van der Waals surface area contributed by atoms with Crippen LogP contribution in [0.5, 0.6) is 5.75 Å². The van der Waals surface area contributed by atoms with Crippen LogP contribution in [0.1, 0.15) is 10.5 Å². The van der Waals surface area contributed by atoms with E-state index in [0.29, 0.717) is 20.5 Å². The third-order valence-electron chi connectivity index (χ3n) is 2.54. The molecular weight excluding hydrogens is 336 g/mol. The maximum Gasteiger partial charge on any atom is 0.387 e. The normalized spacial score (nSPS) is 11.2. The van der Waals surface area contributed by atoms with Crippen molar-refractivity contribution in [3.63, 3.8) is 0 Å². The predicted molar refractivity (Wildman–Crippen MR) is 75.9 cm³/mol. The van der Waals surface area contributed by atoms with E-state index in [4.69, 9.17) is 5.11 Å². The first-order valence-electron chi connectivity index (χ1n) is 5.82. The first-order valence-corrected chi connectivity index (χ1v) is 7.52. The van der Waals surface area contributed by atoms with E-state index >= 15 is 0 Å². The van der Waals surface area contributed by atoms with Crippen molar-refractivity contribution in [2.45, 2.75) is 16.1 Å². The molecule has 10 heteroatoms. The van der Waals surface area contributed by atoms with Crippen LogP contribution in [-0.2, 0) is 0 Å². The van der Waals surface area contributed by atoms with E-state index in [1.54, 1.807) is 6.07 Å². The van der Waals surface area contributed by atoms with Gasteiger partial charge in [-0.2, -0.15) is 8.78 Å². The molecule has 0 amide bonds. The average Bonchev–Trinajstić information content (AvgIpc) is 3.04. The average molecular weight is 343 g/mol. The number of nitrogens with one attached hydrogen (secondary N) is 1. The zero-order valence-electron chi connectivity index (χ0n) is 10.6. The van der Waals surface area contributed by atoms with Crippen molar-refractivity contribution in [3.05, 3.63) is 29.3 Å². The van der Waals surface area contributed by atoms with Crippen LogP contribution in [0.25, 0.3) is 11.0 Å². The Labute approximate surface area is 130 Å². The molecule has 1 aromatic carbocycles. The van der Waals surface area contributed by atoms with E-state index in [0.717, 1.165) is 11.8 Å². The number of H-pyrrole nitrogens is 1. The van der Waals surface area contributed by atoms with Crippen LogP contribution in [-0.4, -0.2) is 32.6 Å². The largest absolute Gasteiger partial charge is 0.476 e. The molecule has 0 bridgehead atoms. The van der Waals surface area contributed by atoms with Crippen LogP contribution < -0.4 is 4.74 Å². The van der Waals surface area contributed by atoms with Crippen molar-refractivity contribution in [2.24, 2.45) is 0 Å². The second kappa shape index (κ2) is 5.89. The van der Waals surface area contributed by atoms with Gasteiger partial charge < -0.3 is 14.8 Å². The van der Waals surface area contributed by atoms with Crippen LogP contribution in [0.4, 0.5) is 8.78 Å². The van der Waals surface area contributed by atoms with Crippen molar-refractivity contribution >= 4 is 40.1 Å². The van der Waals surface area contributed by atoms with E-state index in [1.165, 1.54) is 28.8 Å². The summed E-state index contributed by atoms with van der Waals surface area (Å²) < 4.78 is 29.2. The van der Waals surface area contributed by atoms with E-state index in [-0.39, 0.29) is 11.4 Å². The van der Waals surface area contributed by atoms with Gasteiger partial charge in [0.05, 0.1) is 11.0 Å². The lowest BCUT2D eigenvalue weighted by atomic mass is 10.3. The van der Waals surface area contributed by atoms with Gasteiger partial charge in [0.25, 0.3) is 0 Å². The summed E-state index contributed by atoms with van der Waals surface area (Å²) in [5.74, 6) is -1.06. The van der Waals surface area contributed by atoms with E-state index in [1.807, 2.05) is 0 Å². The summed E-state index contributed by atoms with van der Waals surface area (Å²) in [6.45, 7) is -2.89. The standard InChI is InChI=1S/C12H7F2N3O3S2/c13-10(14)20-5-1-2-6-7(3-5)16-11(15-6)22-12-17-8(4-21-12)9(18)19/h1-4,10H,(H,15,16)(H,18,19). The summed E-state index contributed by atoms with van der Waals surface area (Å²) in [7, 11) is 0. The smallest absolute Gasteiger partial charge is 0.387 e. The highest BCUT2D eigenvalue weighted by Gasteiger charge is 2.12. The number of carboxylic acids is 1. The van der Waals surface area contributed by atoms with Crippen molar-refractivity contribution in [1.82, 2.24) is 15.0 Å². The number of carboxylic acid groups (broad SMARTS) is 1. The number of benzene rings is 1. The first-order chi connectivity index (χ1) is 10.5. The van der Waals surface area contributed by atoms with Crippen molar-refractivity contribution in [3.8, 4) is 5.75 Å². The highest BCUT2D eigenvalue weighted by molar-refractivity contribution is 8.00. The summed E-state index contributed by atoms with van der Waals surface area (Å²) in [5.41, 5.74) is 1.09. The van der Waals surface area contributed by atoms with Gasteiger partial charge in [-0.1, -0.05) is 0 Å². The SMILES string of the molecule is O=C(O)c1csc(Sc2nc3ccc(OC(F)F)cc3[nH]2)n1. The van der Waals surface area contributed by atoms with Gasteiger partial charge in [-0.15, -0.1) is 11.3 Å². The fourth-order valence-corrected chi connectivity index (χ4v) is 3.38. The minimum absolute atomic E-state index is 0.0313.